The number of methoxy groups -OCH3 is 1. The van der Waals surface area contributed by atoms with Crippen molar-refractivity contribution in [2.24, 2.45) is 0 Å². The maximum atomic E-state index is 13.0. The van der Waals surface area contributed by atoms with Crippen LogP contribution >= 0.6 is 0 Å². The maximum Gasteiger partial charge on any atom is 0.258 e. The van der Waals surface area contributed by atoms with Crippen LogP contribution in [-0.4, -0.2) is 54.3 Å². The second-order valence-electron chi connectivity index (χ2n) is 6.99. The molecule has 8 nitrogen and oxygen atoms in total. The molecule has 0 saturated heterocycles. The molecule has 1 amide bonds. The Kier molecular flexibility index (Phi) is 5.94. The van der Waals surface area contributed by atoms with Crippen LogP contribution in [-0.2, 0) is 22.5 Å². The smallest absolute Gasteiger partial charge is 0.258 e. The lowest BCUT2D eigenvalue weighted by molar-refractivity contribution is -0.131. The number of hydrogen-bond acceptors (Lipinski definition) is 6. The molecular formula is C22H23N3O5. The molecule has 1 aliphatic rings. The Morgan fingerprint density at radius 2 is 1.97 bits per heavy atom. The minimum Gasteiger partial charge on any atom is -0.486 e. The summed E-state index contributed by atoms with van der Waals surface area (Å²) in [6, 6.07) is 12.6. The first-order valence-electron chi connectivity index (χ1n) is 9.77. The molecule has 0 fully saturated rings. The van der Waals surface area contributed by atoms with E-state index in [-0.39, 0.29) is 24.4 Å². The lowest BCUT2D eigenvalue weighted by atomic mass is 10.1. The van der Waals surface area contributed by atoms with Crippen molar-refractivity contribution < 1.29 is 19.0 Å². The predicted octanol–water partition coefficient (Wildman–Crippen LogP) is 1.91. The Labute approximate surface area is 173 Å². The van der Waals surface area contributed by atoms with Crippen LogP contribution in [0.5, 0.6) is 11.5 Å². The van der Waals surface area contributed by atoms with Gasteiger partial charge in [-0.05, 0) is 29.8 Å². The van der Waals surface area contributed by atoms with Gasteiger partial charge in [-0.3, -0.25) is 9.59 Å². The molecule has 2 heterocycles. The summed E-state index contributed by atoms with van der Waals surface area (Å²) in [5, 5.41) is 0.521. The molecule has 0 saturated carbocycles. The fraction of sp³-hybridized carbons (Fsp3) is 0.318. The van der Waals surface area contributed by atoms with Crippen molar-refractivity contribution in [2.45, 2.75) is 13.0 Å². The Hall–Kier alpha value is -3.39. The summed E-state index contributed by atoms with van der Waals surface area (Å²) in [6.07, 6.45) is 0.193. The summed E-state index contributed by atoms with van der Waals surface area (Å²) < 4.78 is 16.3. The van der Waals surface area contributed by atoms with Crippen molar-refractivity contribution in [3.8, 4) is 11.5 Å². The number of fused-ring (bicyclic) bond motifs is 2. The second kappa shape index (κ2) is 8.96. The zero-order valence-corrected chi connectivity index (χ0v) is 16.7. The molecular weight excluding hydrogens is 386 g/mol. The highest BCUT2D eigenvalue weighted by molar-refractivity contribution is 5.79. The fourth-order valence-corrected chi connectivity index (χ4v) is 3.37. The van der Waals surface area contributed by atoms with Crippen LogP contribution in [0.25, 0.3) is 10.9 Å². The number of amides is 1. The van der Waals surface area contributed by atoms with Crippen LogP contribution < -0.4 is 15.0 Å². The molecule has 0 unspecified atom stereocenters. The van der Waals surface area contributed by atoms with Crippen LogP contribution in [0.1, 0.15) is 11.4 Å². The van der Waals surface area contributed by atoms with Crippen LogP contribution in [0.3, 0.4) is 0 Å². The SMILES string of the molecule is COCCN(Cc1nc2ccccc2c(=O)[nH]1)C(=O)Cc1ccc2c(c1)OCCO2. The van der Waals surface area contributed by atoms with Gasteiger partial charge in [-0.1, -0.05) is 18.2 Å². The van der Waals surface area contributed by atoms with Crippen LogP contribution in [0.4, 0.5) is 0 Å². The van der Waals surface area contributed by atoms with Crippen LogP contribution in [0.15, 0.2) is 47.3 Å². The Morgan fingerprint density at radius 1 is 1.17 bits per heavy atom. The summed E-state index contributed by atoms with van der Waals surface area (Å²) >= 11 is 0. The summed E-state index contributed by atoms with van der Waals surface area (Å²) in [5.41, 5.74) is 1.20. The summed E-state index contributed by atoms with van der Waals surface area (Å²) in [6.45, 7) is 1.96. The number of benzene rings is 2. The van der Waals surface area contributed by atoms with E-state index in [9.17, 15) is 9.59 Å². The molecule has 3 aromatic rings. The van der Waals surface area contributed by atoms with Gasteiger partial charge in [0.25, 0.3) is 5.56 Å². The highest BCUT2D eigenvalue weighted by atomic mass is 16.6. The molecule has 30 heavy (non-hydrogen) atoms. The van der Waals surface area contributed by atoms with Gasteiger partial charge in [-0.25, -0.2) is 4.98 Å². The lowest BCUT2D eigenvalue weighted by Crippen LogP contribution is -2.35. The van der Waals surface area contributed by atoms with Gasteiger partial charge in [0.1, 0.15) is 19.0 Å². The van der Waals surface area contributed by atoms with Crippen molar-refractivity contribution in [2.75, 3.05) is 33.5 Å². The van der Waals surface area contributed by atoms with E-state index in [1.807, 2.05) is 24.3 Å². The molecule has 0 spiro atoms. The number of para-hydroxylation sites is 1. The van der Waals surface area contributed by atoms with E-state index in [0.717, 1.165) is 5.56 Å². The predicted molar refractivity (Wildman–Crippen MR) is 111 cm³/mol. The number of ether oxygens (including phenoxy) is 3. The quantitative estimate of drug-likeness (QED) is 0.641. The average molecular weight is 409 g/mol. The number of aromatic nitrogens is 2. The van der Waals surface area contributed by atoms with Gasteiger partial charge in [0.15, 0.2) is 11.5 Å². The molecule has 4 rings (SSSR count). The van der Waals surface area contributed by atoms with E-state index in [1.54, 1.807) is 30.2 Å². The molecule has 1 N–H and O–H groups in total. The lowest BCUT2D eigenvalue weighted by Gasteiger charge is -2.23. The van der Waals surface area contributed by atoms with Crippen molar-refractivity contribution in [1.82, 2.24) is 14.9 Å². The minimum absolute atomic E-state index is 0.0977. The first kappa shape index (κ1) is 19.9. The third-order valence-electron chi connectivity index (χ3n) is 4.88. The van der Waals surface area contributed by atoms with Crippen LogP contribution in [0.2, 0.25) is 0 Å². The molecule has 2 aromatic carbocycles. The number of nitrogens with zero attached hydrogens (tertiary/aromatic N) is 2. The maximum absolute atomic E-state index is 13.0. The number of carbonyl (C=O) groups is 1. The highest BCUT2D eigenvalue weighted by Gasteiger charge is 2.18. The van der Waals surface area contributed by atoms with Gasteiger partial charge in [0.2, 0.25) is 5.91 Å². The van der Waals surface area contributed by atoms with Crippen molar-refractivity contribution >= 4 is 16.8 Å². The summed E-state index contributed by atoms with van der Waals surface area (Å²) in [7, 11) is 1.58. The zero-order chi connectivity index (χ0) is 20.9. The van der Waals surface area contributed by atoms with E-state index in [0.29, 0.717) is 54.6 Å². The van der Waals surface area contributed by atoms with E-state index in [2.05, 4.69) is 9.97 Å². The number of aromatic amines is 1. The van der Waals surface area contributed by atoms with E-state index in [4.69, 9.17) is 14.2 Å². The number of rotatable bonds is 7. The third kappa shape index (κ3) is 4.44. The third-order valence-corrected chi connectivity index (χ3v) is 4.88. The van der Waals surface area contributed by atoms with Gasteiger partial charge >= 0.3 is 0 Å². The average Bonchev–Trinajstić information content (AvgIpc) is 2.76. The molecule has 1 aliphatic heterocycles. The Bertz CT molecular complexity index is 1110. The number of H-pyrrole nitrogens is 1. The molecule has 156 valence electrons. The monoisotopic (exact) mass is 409 g/mol. The normalized spacial score (nSPS) is 12.7. The fourth-order valence-electron chi connectivity index (χ4n) is 3.37. The minimum atomic E-state index is -0.221. The number of nitrogens with one attached hydrogen (secondary N) is 1. The topological polar surface area (TPSA) is 93.8 Å². The molecule has 1 aromatic heterocycles. The van der Waals surface area contributed by atoms with Crippen molar-refractivity contribution in [1.29, 1.82) is 0 Å². The number of hydrogen-bond donors (Lipinski definition) is 1. The van der Waals surface area contributed by atoms with Crippen molar-refractivity contribution in [3.63, 3.8) is 0 Å². The van der Waals surface area contributed by atoms with E-state index >= 15 is 0 Å². The van der Waals surface area contributed by atoms with Gasteiger partial charge in [-0.15, -0.1) is 0 Å². The summed E-state index contributed by atoms with van der Waals surface area (Å²) in [4.78, 5) is 34.3. The van der Waals surface area contributed by atoms with Gasteiger partial charge in [0.05, 0.1) is 30.5 Å². The standard InChI is InChI=1S/C22H23N3O5/c1-28-9-8-25(14-20-23-17-5-3-2-4-16(17)22(27)24-20)21(26)13-15-6-7-18-19(12-15)30-11-10-29-18/h2-7,12H,8-11,13-14H2,1H3,(H,23,24,27). The molecule has 8 heteroatoms. The molecule has 0 radical (unpaired) electrons. The first-order chi connectivity index (χ1) is 14.6. The van der Waals surface area contributed by atoms with Gasteiger partial charge < -0.3 is 24.1 Å². The zero-order valence-electron chi connectivity index (χ0n) is 16.7. The van der Waals surface area contributed by atoms with E-state index in [1.165, 1.54) is 0 Å². The Morgan fingerprint density at radius 3 is 2.80 bits per heavy atom. The largest absolute Gasteiger partial charge is 0.486 e. The van der Waals surface area contributed by atoms with Crippen molar-refractivity contribution in [3.05, 3.63) is 64.2 Å². The van der Waals surface area contributed by atoms with Gasteiger partial charge in [0, 0.05) is 13.7 Å². The Balaban J connectivity index is 1.53. The second-order valence-corrected chi connectivity index (χ2v) is 6.99. The summed E-state index contributed by atoms with van der Waals surface area (Å²) in [5.74, 6) is 1.67. The molecule has 0 atom stereocenters. The molecule has 0 bridgehead atoms. The van der Waals surface area contributed by atoms with Gasteiger partial charge in [-0.2, -0.15) is 0 Å². The molecule has 0 aliphatic carbocycles. The highest BCUT2D eigenvalue weighted by Crippen LogP contribution is 2.31. The van der Waals surface area contributed by atoms with Crippen LogP contribution in [0, 0.1) is 0 Å². The first-order valence-corrected chi connectivity index (χ1v) is 9.77. The van der Waals surface area contributed by atoms with E-state index < -0.39 is 0 Å². The number of carbonyl (C=O) groups excluding carboxylic acids is 1.